The third-order valence-corrected chi connectivity index (χ3v) is 5.09. The SMILES string of the molecule is COc1ccccc1C1CNCCN1C(=O)c1oc2ccc(F)cc2c1C.Cl. The molecule has 0 aliphatic carbocycles. The molecule has 28 heavy (non-hydrogen) atoms. The summed E-state index contributed by atoms with van der Waals surface area (Å²) in [5.74, 6) is 0.464. The van der Waals surface area contributed by atoms with Crippen LogP contribution in [0.15, 0.2) is 46.9 Å². The maximum Gasteiger partial charge on any atom is 0.290 e. The van der Waals surface area contributed by atoms with Crippen LogP contribution in [0.2, 0.25) is 0 Å². The van der Waals surface area contributed by atoms with E-state index < -0.39 is 0 Å². The lowest BCUT2D eigenvalue weighted by molar-refractivity contribution is 0.0600. The summed E-state index contributed by atoms with van der Waals surface area (Å²) in [5.41, 5.74) is 2.12. The Morgan fingerprint density at radius 2 is 2.07 bits per heavy atom. The Morgan fingerprint density at radius 1 is 1.29 bits per heavy atom. The van der Waals surface area contributed by atoms with Crippen LogP contribution in [0.25, 0.3) is 11.0 Å². The fourth-order valence-corrected chi connectivity index (χ4v) is 3.69. The summed E-state index contributed by atoms with van der Waals surface area (Å²) in [6.07, 6.45) is 0. The molecule has 5 nitrogen and oxygen atoms in total. The van der Waals surface area contributed by atoms with Gasteiger partial charge < -0.3 is 19.4 Å². The number of para-hydroxylation sites is 1. The van der Waals surface area contributed by atoms with Gasteiger partial charge in [-0.25, -0.2) is 4.39 Å². The molecule has 2 heterocycles. The Balaban J connectivity index is 0.00000225. The Labute approximate surface area is 168 Å². The van der Waals surface area contributed by atoms with Crippen LogP contribution in [0.3, 0.4) is 0 Å². The van der Waals surface area contributed by atoms with Crippen molar-refractivity contribution in [3.8, 4) is 5.75 Å². The fraction of sp³-hybridized carbons (Fsp3) is 0.286. The zero-order valence-corrected chi connectivity index (χ0v) is 16.5. The van der Waals surface area contributed by atoms with Crippen LogP contribution in [-0.2, 0) is 0 Å². The summed E-state index contributed by atoms with van der Waals surface area (Å²) in [5, 5.41) is 3.97. The van der Waals surface area contributed by atoms with E-state index in [1.165, 1.54) is 12.1 Å². The van der Waals surface area contributed by atoms with Crippen molar-refractivity contribution in [2.75, 3.05) is 26.7 Å². The number of halogens is 2. The number of aryl methyl sites for hydroxylation is 1. The molecule has 1 atom stereocenters. The van der Waals surface area contributed by atoms with Gasteiger partial charge in [0.25, 0.3) is 5.91 Å². The first kappa shape index (κ1) is 20.2. The van der Waals surface area contributed by atoms with Crippen LogP contribution in [0, 0.1) is 12.7 Å². The maximum absolute atomic E-state index is 13.6. The lowest BCUT2D eigenvalue weighted by Crippen LogP contribution is -2.48. The number of ether oxygens (including phenoxy) is 1. The zero-order chi connectivity index (χ0) is 19.0. The maximum atomic E-state index is 13.6. The minimum absolute atomic E-state index is 0. The van der Waals surface area contributed by atoms with Crippen molar-refractivity contribution in [2.24, 2.45) is 0 Å². The van der Waals surface area contributed by atoms with Gasteiger partial charge in [-0.3, -0.25) is 4.79 Å². The number of benzene rings is 2. The van der Waals surface area contributed by atoms with Crippen molar-refractivity contribution >= 4 is 29.3 Å². The lowest BCUT2D eigenvalue weighted by Gasteiger charge is -2.36. The number of piperazine rings is 1. The first-order valence-electron chi connectivity index (χ1n) is 8.93. The highest BCUT2D eigenvalue weighted by Crippen LogP contribution is 2.33. The third-order valence-electron chi connectivity index (χ3n) is 5.09. The number of carbonyl (C=O) groups excluding carboxylic acids is 1. The molecule has 148 valence electrons. The first-order valence-corrected chi connectivity index (χ1v) is 8.93. The molecule has 1 N–H and O–H groups in total. The minimum Gasteiger partial charge on any atom is -0.496 e. The van der Waals surface area contributed by atoms with Gasteiger partial charge >= 0.3 is 0 Å². The Hall–Kier alpha value is -2.57. The molecular formula is C21H22ClFN2O3. The van der Waals surface area contributed by atoms with E-state index in [0.717, 1.165) is 11.3 Å². The summed E-state index contributed by atoms with van der Waals surface area (Å²) in [7, 11) is 1.62. The highest BCUT2D eigenvalue weighted by Gasteiger charge is 2.33. The minimum atomic E-state index is -0.348. The van der Waals surface area contributed by atoms with Gasteiger partial charge in [0.2, 0.25) is 0 Å². The summed E-state index contributed by atoms with van der Waals surface area (Å²) >= 11 is 0. The Morgan fingerprint density at radius 3 is 2.86 bits per heavy atom. The monoisotopic (exact) mass is 404 g/mol. The number of hydrogen-bond donors (Lipinski definition) is 1. The van der Waals surface area contributed by atoms with Gasteiger partial charge in [-0.15, -0.1) is 12.4 Å². The molecule has 1 unspecified atom stereocenters. The molecule has 1 fully saturated rings. The molecule has 3 aromatic rings. The van der Waals surface area contributed by atoms with Crippen molar-refractivity contribution in [2.45, 2.75) is 13.0 Å². The lowest BCUT2D eigenvalue weighted by atomic mass is 10.0. The molecule has 0 spiro atoms. The van der Waals surface area contributed by atoms with Crippen LogP contribution in [-0.4, -0.2) is 37.6 Å². The van der Waals surface area contributed by atoms with Crippen molar-refractivity contribution in [3.63, 3.8) is 0 Å². The quantitative estimate of drug-likeness (QED) is 0.714. The largest absolute Gasteiger partial charge is 0.496 e. The number of carbonyl (C=O) groups is 1. The van der Waals surface area contributed by atoms with Crippen molar-refractivity contribution < 1.29 is 18.3 Å². The number of furan rings is 1. The van der Waals surface area contributed by atoms with Gasteiger partial charge in [0.15, 0.2) is 5.76 Å². The summed E-state index contributed by atoms with van der Waals surface area (Å²) in [4.78, 5) is 15.1. The van der Waals surface area contributed by atoms with Crippen molar-refractivity contribution in [3.05, 3.63) is 65.2 Å². The van der Waals surface area contributed by atoms with Crippen LogP contribution in [0.4, 0.5) is 4.39 Å². The molecule has 0 radical (unpaired) electrons. The second-order valence-corrected chi connectivity index (χ2v) is 6.66. The molecule has 7 heteroatoms. The topological polar surface area (TPSA) is 54.7 Å². The number of hydrogen-bond acceptors (Lipinski definition) is 4. The predicted molar refractivity (Wildman–Crippen MR) is 108 cm³/mol. The number of rotatable bonds is 3. The van der Waals surface area contributed by atoms with E-state index >= 15 is 0 Å². The normalized spacial score (nSPS) is 16.7. The molecule has 2 aromatic carbocycles. The van der Waals surface area contributed by atoms with E-state index in [0.29, 0.717) is 36.2 Å². The zero-order valence-electron chi connectivity index (χ0n) is 15.7. The Kier molecular flexibility index (Phi) is 5.91. The van der Waals surface area contributed by atoms with Crippen LogP contribution >= 0.6 is 12.4 Å². The van der Waals surface area contributed by atoms with E-state index in [2.05, 4.69) is 5.32 Å². The smallest absolute Gasteiger partial charge is 0.290 e. The fourth-order valence-electron chi connectivity index (χ4n) is 3.69. The molecule has 1 aliphatic rings. The first-order chi connectivity index (χ1) is 13.1. The summed E-state index contributed by atoms with van der Waals surface area (Å²) in [6.45, 7) is 3.66. The average Bonchev–Trinajstić information content (AvgIpc) is 3.03. The van der Waals surface area contributed by atoms with Gasteiger partial charge in [-0.05, 0) is 31.2 Å². The van der Waals surface area contributed by atoms with Crippen molar-refractivity contribution in [1.29, 1.82) is 0 Å². The highest BCUT2D eigenvalue weighted by atomic mass is 35.5. The molecule has 4 rings (SSSR count). The number of nitrogens with zero attached hydrogens (tertiary/aromatic N) is 1. The van der Waals surface area contributed by atoms with Gasteiger partial charge in [-0.2, -0.15) is 0 Å². The Bertz CT molecular complexity index is 1000. The second kappa shape index (κ2) is 8.20. The van der Waals surface area contributed by atoms with Gasteiger partial charge in [0, 0.05) is 36.1 Å². The van der Waals surface area contributed by atoms with E-state index in [1.807, 2.05) is 24.3 Å². The standard InChI is InChI=1S/C21H21FN2O3.ClH/c1-13-16-11-14(22)7-8-19(16)27-20(13)21(25)24-10-9-23-12-17(24)15-5-3-4-6-18(15)26-2;/h3-8,11,17,23H,9-10,12H2,1-2H3;1H. The van der Waals surface area contributed by atoms with E-state index in [-0.39, 0.29) is 35.9 Å². The molecule has 0 bridgehead atoms. The second-order valence-electron chi connectivity index (χ2n) is 6.66. The molecule has 0 saturated carbocycles. The van der Waals surface area contributed by atoms with Crippen LogP contribution in [0.1, 0.15) is 27.7 Å². The average molecular weight is 405 g/mol. The molecule has 1 saturated heterocycles. The predicted octanol–water partition coefficient (Wildman–Crippen LogP) is 4.10. The van der Waals surface area contributed by atoms with Gasteiger partial charge in [-0.1, -0.05) is 18.2 Å². The molecule has 1 aliphatic heterocycles. The number of nitrogens with one attached hydrogen (secondary N) is 1. The van der Waals surface area contributed by atoms with Gasteiger partial charge in [0.05, 0.1) is 13.2 Å². The third kappa shape index (κ3) is 3.45. The molecular weight excluding hydrogens is 383 g/mol. The molecule has 1 aromatic heterocycles. The summed E-state index contributed by atoms with van der Waals surface area (Å²) < 4.78 is 24.9. The van der Waals surface area contributed by atoms with E-state index in [1.54, 1.807) is 25.0 Å². The number of fused-ring (bicyclic) bond motifs is 1. The summed E-state index contributed by atoms with van der Waals surface area (Å²) in [6, 6.07) is 11.8. The van der Waals surface area contributed by atoms with Crippen LogP contribution in [0.5, 0.6) is 5.75 Å². The number of amides is 1. The van der Waals surface area contributed by atoms with Crippen LogP contribution < -0.4 is 10.1 Å². The van der Waals surface area contributed by atoms with Gasteiger partial charge in [0.1, 0.15) is 17.1 Å². The number of methoxy groups -OCH3 is 1. The van der Waals surface area contributed by atoms with E-state index in [4.69, 9.17) is 9.15 Å². The highest BCUT2D eigenvalue weighted by molar-refractivity contribution is 5.99. The van der Waals surface area contributed by atoms with E-state index in [9.17, 15) is 9.18 Å². The van der Waals surface area contributed by atoms with Crippen molar-refractivity contribution in [1.82, 2.24) is 10.2 Å². The molecule has 1 amide bonds.